The van der Waals surface area contributed by atoms with Gasteiger partial charge in [-0.2, -0.15) is 0 Å². The van der Waals surface area contributed by atoms with Gasteiger partial charge < -0.3 is 14.0 Å². The molecule has 0 aliphatic carbocycles. The van der Waals surface area contributed by atoms with Crippen molar-refractivity contribution >= 4 is 73.6 Å². The number of benzene rings is 11. The molecule has 6 saturated heterocycles. The van der Waals surface area contributed by atoms with Crippen LogP contribution in [0, 0.1) is 50.0 Å². The van der Waals surface area contributed by atoms with Crippen LogP contribution < -0.4 is 0 Å². The molecule has 742 valence electrons. The van der Waals surface area contributed by atoms with Crippen molar-refractivity contribution in [1.82, 2.24) is 53.5 Å². The van der Waals surface area contributed by atoms with E-state index in [0.717, 1.165) is 173 Å². The molecule has 20 heteroatoms. The predicted molar refractivity (Wildman–Crippen MR) is 577 cm³/mol. The number of para-hydroxylation sites is 6. The van der Waals surface area contributed by atoms with Gasteiger partial charge in [-0.1, -0.05) is 180 Å². The SMILES string of the molecule is CC(C)(C)n1c(C2CCC(=O)N2Cc2cccc(F)c2)nc2ccccc21.CC(C)(C)n1c(C2CCCN2Cc2cccc(F)c2)nc2ccccc21.Cc1ccc2c(c1)CC(C1CCCN1CCc1ccccn1)=N2.Cc1cccc(CN2CCCC(C3=Nc4ccccc4C3)C2)c1.Cc1cccc(CN2CCCC2C2=Nc3ccc(F)cc3C2)c1.Fc1ccc(CN2CCCC2C2=Nc3ccccc3C2)cc1. The first-order chi connectivity index (χ1) is 69.8. The quantitative estimate of drug-likeness (QED) is 0.0725. The number of fused-ring (bicyclic) bond motifs is 6. The molecule has 13 heterocycles. The van der Waals surface area contributed by atoms with E-state index < -0.39 is 0 Å². The molecule has 0 bridgehead atoms. The number of rotatable bonds is 19. The molecule has 0 radical (unpaired) electrons. The fourth-order valence-electron chi connectivity index (χ4n) is 23.3. The van der Waals surface area contributed by atoms with Gasteiger partial charge in [0, 0.05) is 154 Å². The van der Waals surface area contributed by atoms with Gasteiger partial charge in [0.05, 0.1) is 56.9 Å². The average molecular weight is 1930 g/mol. The van der Waals surface area contributed by atoms with E-state index in [0.29, 0.717) is 37.0 Å². The van der Waals surface area contributed by atoms with Crippen molar-refractivity contribution in [3.63, 3.8) is 0 Å². The number of carbonyl (C=O) groups excluding carboxylic acids is 1. The molecule has 1 amide bonds. The number of piperidine rings is 1. The maximum absolute atomic E-state index is 13.6. The molecule has 10 aliphatic rings. The number of halogens is 4. The Kier molecular flexibility index (Phi) is 31.4. The molecular formula is C124H137F4N15O. The molecule has 144 heavy (non-hydrogen) atoms. The lowest BCUT2D eigenvalue weighted by Crippen LogP contribution is -2.38. The summed E-state index contributed by atoms with van der Waals surface area (Å²) in [6.07, 6.45) is 20.1. The molecule has 0 saturated carbocycles. The molecule has 0 N–H and O–H groups in total. The van der Waals surface area contributed by atoms with E-state index in [1.54, 1.807) is 42.5 Å². The maximum atomic E-state index is 13.6. The van der Waals surface area contributed by atoms with E-state index in [9.17, 15) is 22.4 Å². The van der Waals surface area contributed by atoms with E-state index in [4.69, 9.17) is 29.9 Å². The number of aryl methyl sites for hydroxylation is 3. The molecule has 16 nitrogen and oxygen atoms in total. The van der Waals surface area contributed by atoms with Crippen molar-refractivity contribution in [3.8, 4) is 0 Å². The predicted octanol–water partition coefficient (Wildman–Crippen LogP) is 26.9. The molecule has 24 rings (SSSR count). The van der Waals surface area contributed by atoms with Crippen LogP contribution in [0.4, 0.5) is 40.3 Å². The van der Waals surface area contributed by atoms with Crippen LogP contribution in [0.1, 0.15) is 215 Å². The lowest BCUT2D eigenvalue weighted by molar-refractivity contribution is -0.129. The Morgan fingerprint density at radius 2 is 0.771 bits per heavy atom. The fourth-order valence-corrected chi connectivity index (χ4v) is 23.3. The minimum atomic E-state index is -0.280. The van der Waals surface area contributed by atoms with Crippen LogP contribution in [-0.4, -0.2) is 146 Å². The molecule has 0 spiro atoms. The van der Waals surface area contributed by atoms with Gasteiger partial charge in [0.25, 0.3) is 0 Å². The van der Waals surface area contributed by atoms with Crippen LogP contribution in [0.5, 0.6) is 0 Å². The van der Waals surface area contributed by atoms with E-state index in [1.165, 1.54) is 178 Å². The minimum Gasteiger partial charge on any atom is -0.328 e. The Balaban J connectivity index is 0.000000109. The number of hydrogen-bond acceptors (Lipinski definition) is 13. The zero-order valence-electron chi connectivity index (χ0n) is 85.2. The second kappa shape index (κ2) is 45.2. The van der Waals surface area contributed by atoms with Gasteiger partial charge in [0.2, 0.25) is 5.91 Å². The Labute approximate surface area is 847 Å². The van der Waals surface area contributed by atoms with E-state index in [1.807, 2.05) is 65.7 Å². The number of pyridine rings is 1. The fraction of sp³-hybridized carbons (Fsp3) is 0.371. The zero-order valence-corrected chi connectivity index (χ0v) is 85.2. The van der Waals surface area contributed by atoms with Crippen molar-refractivity contribution in [1.29, 1.82) is 0 Å². The molecule has 3 aromatic heterocycles. The summed E-state index contributed by atoms with van der Waals surface area (Å²) < 4.78 is 58.3. The number of carbonyl (C=O) groups is 1. The van der Waals surface area contributed by atoms with E-state index >= 15 is 0 Å². The van der Waals surface area contributed by atoms with Gasteiger partial charge >= 0.3 is 0 Å². The Morgan fingerprint density at radius 3 is 1.33 bits per heavy atom. The molecule has 11 aromatic carbocycles. The van der Waals surface area contributed by atoms with E-state index in [2.05, 4.69) is 253 Å². The summed E-state index contributed by atoms with van der Waals surface area (Å²) in [5, 5.41) is 0. The Hall–Kier alpha value is -12.8. The summed E-state index contributed by atoms with van der Waals surface area (Å²) in [4.78, 5) is 61.0. The molecule has 6 atom stereocenters. The summed E-state index contributed by atoms with van der Waals surface area (Å²) in [7, 11) is 0. The Bertz CT molecular complexity index is 6990. The summed E-state index contributed by atoms with van der Waals surface area (Å²) in [6, 6.07) is 90.6. The van der Waals surface area contributed by atoms with Gasteiger partial charge in [-0.15, -0.1) is 0 Å². The highest BCUT2D eigenvalue weighted by molar-refractivity contribution is 6.00. The first kappa shape index (κ1) is 99.9. The molecule has 6 unspecified atom stereocenters. The largest absolute Gasteiger partial charge is 0.328 e. The van der Waals surface area contributed by atoms with Crippen LogP contribution in [0.2, 0.25) is 0 Å². The molecular weight excluding hydrogens is 1790 g/mol. The van der Waals surface area contributed by atoms with Crippen LogP contribution in [0.3, 0.4) is 0 Å². The first-order valence-electron chi connectivity index (χ1n) is 52.4. The van der Waals surface area contributed by atoms with Crippen molar-refractivity contribution in [2.75, 3.05) is 45.8 Å². The molecule has 10 aliphatic heterocycles. The number of hydrogen-bond donors (Lipinski definition) is 0. The Morgan fingerprint density at radius 1 is 0.340 bits per heavy atom. The second-order valence-corrected chi connectivity index (χ2v) is 42.9. The number of aromatic nitrogens is 5. The minimum absolute atomic E-state index is 0.0431. The summed E-state index contributed by atoms with van der Waals surface area (Å²) in [6.45, 7) is 31.6. The van der Waals surface area contributed by atoms with Gasteiger partial charge in [0.15, 0.2) is 0 Å². The highest BCUT2D eigenvalue weighted by Crippen LogP contribution is 2.43. The normalized spacial score (nSPS) is 19.9. The molecule has 14 aromatic rings. The van der Waals surface area contributed by atoms with Crippen molar-refractivity contribution in [2.45, 2.75) is 245 Å². The first-order valence-corrected chi connectivity index (χ1v) is 52.4. The van der Waals surface area contributed by atoms with Crippen LogP contribution in [0.25, 0.3) is 22.1 Å². The van der Waals surface area contributed by atoms with Gasteiger partial charge in [-0.05, 0) is 325 Å². The number of aliphatic imine (C=N–C) groups is 4. The summed E-state index contributed by atoms with van der Waals surface area (Å²) in [5.74, 6) is 1.98. The summed E-state index contributed by atoms with van der Waals surface area (Å²) >= 11 is 0. The average Bonchev–Trinajstić information content (AvgIpc) is 1.61. The lowest BCUT2D eigenvalue weighted by Gasteiger charge is -2.33. The van der Waals surface area contributed by atoms with Crippen LogP contribution in [-0.2, 0) is 80.7 Å². The van der Waals surface area contributed by atoms with Crippen LogP contribution in [0.15, 0.2) is 299 Å². The number of nitrogens with zero attached hydrogens (tertiary/aromatic N) is 15. The van der Waals surface area contributed by atoms with Crippen LogP contribution >= 0.6 is 0 Å². The highest BCUT2D eigenvalue weighted by atomic mass is 19.1. The topological polar surface area (TPSA) is 134 Å². The monoisotopic (exact) mass is 1930 g/mol. The summed E-state index contributed by atoms with van der Waals surface area (Å²) in [5.41, 5.74) is 29.9. The smallest absolute Gasteiger partial charge is 0.223 e. The van der Waals surface area contributed by atoms with Gasteiger partial charge in [-0.25, -0.2) is 27.5 Å². The third-order valence-corrected chi connectivity index (χ3v) is 30.0. The van der Waals surface area contributed by atoms with Gasteiger partial charge in [-0.3, -0.25) is 54.2 Å². The second-order valence-electron chi connectivity index (χ2n) is 42.9. The number of amides is 1. The number of imidazole rings is 2. The van der Waals surface area contributed by atoms with Crippen molar-refractivity contribution in [3.05, 3.63) is 387 Å². The third kappa shape index (κ3) is 24.4. The van der Waals surface area contributed by atoms with E-state index in [-0.39, 0.29) is 52.3 Å². The zero-order chi connectivity index (χ0) is 99.5. The van der Waals surface area contributed by atoms with Gasteiger partial charge in [0.1, 0.15) is 34.9 Å². The third-order valence-electron chi connectivity index (χ3n) is 30.0. The lowest BCUT2D eigenvalue weighted by atomic mass is 9.90. The van der Waals surface area contributed by atoms with Crippen molar-refractivity contribution < 1.29 is 22.4 Å². The highest BCUT2D eigenvalue weighted by Gasteiger charge is 2.41. The maximum Gasteiger partial charge on any atom is 0.223 e. The molecule has 6 fully saturated rings. The standard InChI is InChI=1S/C22H24FN3O.C22H26FN3.C21H24N2.C20H21FN2.C20H23N3.C19H19FN2/c1-22(2,3)26-18-10-5-4-9-17(18)24-21(26)19-11-12-20(27)25(19)14-15-7-6-8-16(23)13-15;1-22(2,3)26-19-11-5-4-10-18(19)24-21(26)20-12-7-13-25(20)15-16-8-6-9-17(23)14-16;1-16-6-4-7-17(12-16)14-23-11-5-9-19(15-23)21-13-18-8-2-3-10-20(18)22-21;1-14-4-2-5-15(10-14)13-23-9-3-6-20(23)19-12-16-11-17(21)7-8-18(16)22-19;1-15-7-8-18-16(13-15)14-19(22-18)20-6-4-11-23(20)12-9-17-5-2-3-10-21-17;20-16-9-7-14(8-10-16)13-22-11-3-6-19(22)18-12-15-4-1-2-5-17(15)21-18/h4-10,13,19H,11-12,14H2,1-3H3;4-6,8-11,14,20H,7,12-13,15H2,1-3H3;2-4,6-8,10,12,19H,5,9,11,13-15H2,1H3;2,4-5,7-8,10-11,20H,3,6,9,12-13H2,1H3;2-3,5,7-8,10,13,20H,4,6,9,11-12,14H2,1H3;1-2,4-5,7-10,19H,3,6,11-13H2. The van der Waals surface area contributed by atoms with Crippen molar-refractivity contribution in [2.24, 2.45) is 25.9 Å². The number of likely N-dealkylation sites (tertiary alicyclic amines) is 6.